The molecule has 12 heteroatoms. The zero-order valence-electron chi connectivity index (χ0n) is 39.3. The van der Waals surface area contributed by atoms with Crippen LogP contribution in [0.25, 0.3) is 0 Å². The van der Waals surface area contributed by atoms with Gasteiger partial charge in [-0.25, -0.2) is 4.57 Å². The lowest BCUT2D eigenvalue weighted by molar-refractivity contribution is -0.161. The maximum absolute atomic E-state index is 12.8. The number of carbonyl (C=O) groups is 3. The molecule has 0 saturated heterocycles. The minimum Gasteiger partial charge on any atom is -0.462 e. The van der Waals surface area contributed by atoms with E-state index in [1.807, 2.05) is 0 Å². The number of phosphoric acid groups is 1. The largest absolute Gasteiger partial charge is 0.472 e. The van der Waals surface area contributed by atoms with Crippen molar-refractivity contribution in [1.82, 2.24) is 0 Å². The second-order valence-corrected chi connectivity index (χ2v) is 17.7. The normalized spacial score (nSPS) is 14.0. The first-order valence-electron chi connectivity index (χ1n) is 24.5. The molecule has 11 nitrogen and oxygen atoms in total. The van der Waals surface area contributed by atoms with Crippen LogP contribution in [0.5, 0.6) is 0 Å². The van der Waals surface area contributed by atoms with Crippen molar-refractivity contribution in [1.29, 1.82) is 0 Å². The molecular formula is C50H89O11P. The molecule has 0 aromatic carbocycles. The Balaban J connectivity index is 4.79. The van der Waals surface area contributed by atoms with E-state index in [-0.39, 0.29) is 25.9 Å². The second-order valence-electron chi connectivity index (χ2n) is 16.3. The number of hydrogen-bond acceptors (Lipinski definition) is 10. The van der Waals surface area contributed by atoms with Crippen LogP contribution in [-0.4, -0.2) is 66.5 Å². The number of aliphatic hydroxyl groups is 1. The summed E-state index contributed by atoms with van der Waals surface area (Å²) < 4.78 is 39.2. The number of hydrogen-bond donors (Lipinski definition) is 2. The molecule has 0 radical (unpaired) electrons. The summed E-state index contributed by atoms with van der Waals surface area (Å²) in [5.74, 6) is -1.51. The van der Waals surface area contributed by atoms with Crippen molar-refractivity contribution in [3.8, 4) is 0 Å². The SMILES string of the molecule is CC/C=C\C/C=C\C/C=C\C/C=C\CCCCC(=O)OC(COC(=O)CCCCCCCCCCC)COP(=O)(O)OCC(CO)OC(=O)CCCCCCCCCCCCC. The third kappa shape index (κ3) is 42.7. The Hall–Kier alpha value is -2.56. The summed E-state index contributed by atoms with van der Waals surface area (Å²) in [4.78, 5) is 48.1. The molecule has 0 spiro atoms. The highest BCUT2D eigenvalue weighted by Gasteiger charge is 2.28. The van der Waals surface area contributed by atoms with Gasteiger partial charge in [-0.3, -0.25) is 23.4 Å². The molecule has 0 aromatic heterocycles. The van der Waals surface area contributed by atoms with E-state index >= 15 is 0 Å². The van der Waals surface area contributed by atoms with Crippen molar-refractivity contribution in [2.45, 2.75) is 226 Å². The minimum absolute atomic E-state index is 0.117. The van der Waals surface area contributed by atoms with E-state index in [0.717, 1.165) is 77.0 Å². The molecular weight excluding hydrogens is 808 g/mol. The Morgan fingerprint density at radius 3 is 1.29 bits per heavy atom. The highest BCUT2D eigenvalue weighted by Crippen LogP contribution is 2.43. The maximum atomic E-state index is 12.8. The molecule has 0 saturated carbocycles. The fourth-order valence-corrected chi connectivity index (χ4v) is 7.31. The summed E-state index contributed by atoms with van der Waals surface area (Å²) in [5.41, 5.74) is 0. The average Bonchev–Trinajstić information content (AvgIpc) is 3.25. The topological polar surface area (TPSA) is 155 Å². The molecule has 0 amide bonds. The molecule has 0 heterocycles. The maximum Gasteiger partial charge on any atom is 0.472 e. The molecule has 2 N–H and O–H groups in total. The zero-order chi connectivity index (χ0) is 45.6. The number of phosphoric ester groups is 1. The van der Waals surface area contributed by atoms with Gasteiger partial charge in [0.2, 0.25) is 0 Å². The molecule has 0 aliphatic rings. The van der Waals surface area contributed by atoms with Crippen LogP contribution in [-0.2, 0) is 42.2 Å². The third-order valence-corrected chi connectivity index (χ3v) is 11.2. The van der Waals surface area contributed by atoms with Gasteiger partial charge in [0.05, 0.1) is 19.8 Å². The van der Waals surface area contributed by atoms with Gasteiger partial charge in [-0.2, -0.15) is 0 Å². The molecule has 3 atom stereocenters. The molecule has 3 unspecified atom stereocenters. The minimum atomic E-state index is -4.74. The van der Waals surface area contributed by atoms with Crippen LogP contribution in [0.15, 0.2) is 48.6 Å². The number of aliphatic hydroxyl groups excluding tert-OH is 1. The summed E-state index contributed by atoms with van der Waals surface area (Å²) in [7, 11) is -4.74. The van der Waals surface area contributed by atoms with Gasteiger partial charge in [0, 0.05) is 19.3 Å². The van der Waals surface area contributed by atoms with Crippen LogP contribution in [0.2, 0.25) is 0 Å². The lowest BCUT2D eigenvalue weighted by atomic mass is 10.1. The fraction of sp³-hybridized carbons (Fsp3) is 0.780. The van der Waals surface area contributed by atoms with Crippen molar-refractivity contribution < 1.29 is 52.2 Å². The summed E-state index contributed by atoms with van der Waals surface area (Å²) in [6, 6.07) is 0. The van der Waals surface area contributed by atoms with Crippen molar-refractivity contribution in [3.05, 3.63) is 48.6 Å². The number of rotatable bonds is 45. The van der Waals surface area contributed by atoms with Crippen molar-refractivity contribution in [2.75, 3.05) is 26.4 Å². The first-order chi connectivity index (χ1) is 30.2. The highest BCUT2D eigenvalue weighted by molar-refractivity contribution is 7.47. The lowest BCUT2D eigenvalue weighted by Gasteiger charge is -2.21. The van der Waals surface area contributed by atoms with Crippen LogP contribution < -0.4 is 0 Å². The van der Waals surface area contributed by atoms with Gasteiger partial charge >= 0.3 is 25.7 Å². The third-order valence-electron chi connectivity index (χ3n) is 10.3. The quantitative estimate of drug-likeness (QED) is 0.0197. The van der Waals surface area contributed by atoms with E-state index < -0.39 is 57.8 Å². The Morgan fingerprint density at radius 1 is 0.468 bits per heavy atom. The molecule has 360 valence electrons. The summed E-state index contributed by atoms with van der Waals surface area (Å²) in [6.07, 6.45) is 43.8. The summed E-state index contributed by atoms with van der Waals surface area (Å²) in [6.45, 7) is 4.43. The molecule has 0 bridgehead atoms. The predicted octanol–water partition coefficient (Wildman–Crippen LogP) is 13.5. The Kier molecular flexibility index (Phi) is 43.2. The number of carbonyl (C=O) groups excluding carboxylic acids is 3. The lowest BCUT2D eigenvalue weighted by Crippen LogP contribution is -2.30. The number of allylic oxidation sites excluding steroid dienone is 8. The smallest absolute Gasteiger partial charge is 0.462 e. The van der Waals surface area contributed by atoms with Crippen LogP contribution in [0.1, 0.15) is 213 Å². The van der Waals surface area contributed by atoms with Crippen LogP contribution >= 0.6 is 7.82 Å². The van der Waals surface area contributed by atoms with E-state index in [1.54, 1.807) is 0 Å². The van der Waals surface area contributed by atoms with E-state index in [1.165, 1.54) is 77.0 Å². The van der Waals surface area contributed by atoms with E-state index in [2.05, 4.69) is 69.4 Å². The second kappa shape index (κ2) is 45.0. The number of esters is 3. The van der Waals surface area contributed by atoms with Crippen LogP contribution in [0.3, 0.4) is 0 Å². The van der Waals surface area contributed by atoms with E-state index in [4.69, 9.17) is 23.3 Å². The number of ether oxygens (including phenoxy) is 3. The van der Waals surface area contributed by atoms with Crippen molar-refractivity contribution >= 4 is 25.7 Å². The van der Waals surface area contributed by atoms with Gasteiger partial charge < -0.3 is 24.2 Å². The van der Waals surface area contributed by atoms with Crippen LogP contribution in [0.4, 0.5) is 0 Å². The molecule has 0 aliphatic carbocycles. The van der Waals surface area contributed by atoms with Crippen LogP contribution in [0, 0.1) is 0 Å². The summed E-state index contributed by atoms with van der Waals surface area (Å²) >= 11 is 0. The fourth-order valence-electron chi connectivity index (χ4n) is 6.52. The standard InChI is InChI=1S/C50H89O11P/c1-4-7-10-13-16-19-21-22-23-24-26-29-32-35-38-41-50(54)61-47(43-57-48(52)39-36-33-30-27-18-15-12-9-6-3)45-59-62(55,56)58-44-46(42-51)60-49(53)40-37-34-31-28-25-20-17-14-11-8-5-2/h7,10,16,19,22-23,26,29,46-47,51H,4-6,8-9,11-15,17-18,20-21,24-25,27-28,30-45H2,1-3H3,(H,55,56)/b10-7-,19-16-,23-22-,29-26-. The first kappa shape index (κ1) is 59.4. The van der Waals surface area contributed by atoms with Gasteiger partial charge in [0.25, 0.3) is 0 Å². The molecule has 0 rings (SSSR count). The van der Waals surface area contributed by atoms with Gasteiger partial charge in [-0.05, 0) is 57.8 Å². The van der Waals surface area contributed by atoms with Gasteiger partial charge in [-0.1, -0.05) is 185 Å². The molecule has 0 fully saturated rings. The summed E-state index contributed by atoms with van der Waals surface area (Å²) in [5, 5.41) is 9.73. The highest BCUT2D eigenvalue weighted by atomic mass is 31.2. The van der Waals surface area contributed by atoms with Gasteiger partial charge in [-0.15, -0.1) is 0 Å². The Bertz CT molecular complexity index is 1230. The monoisotopic (exact) mass is 897 g/mol. The number of unbranched alkanes of at least 4 members (excludes halogenated alkanes) is 20. The molecule has 62 heavy (non-hydrogen) atoms. The Labute approximate surface area is 377 Å². The first-order valence-corrected chi connectivity index (χ1v) is 26.0. The van der Waals surface area contributed by atoms with Crippen molar-refractivity contribution in [3.63, 3.8) is 0 Å². The van der Waals surface area contributed by atoms with E-state index in [9.17, 15) is 28.9 Å². The average molecular weight is 897 g/mol. The van der Waals surface area contributed by atoms with Gasteiger partial charge in [0.1, 0.15) is 12.7 Å². The Morgan fingerprint density at radius 2 is 0.839 bits per heavy atom. The zero-order valence-corrected chi connectivity index (χ0v) is 40.2. The molecule has 0 aromatic rings. The van der Waals surface area contributed by atoms with Crippen molar-refractivity contribution in [2.24, 2.45) is 0 Å². The molecule has 0 aliphatic heterocycles. The van der Waals surface area contributed by atoms with E-state index in [0.29, 0.717) is 19.3 Å². The predicted molar refractivity (Wildman–Crippen MR) is 252 cm³/mol. The van der Waals surface area contributed by atoms with Gasteiger partial charge in [0.15, 0.2) is 6.10 Å².